The topological polar surface area (TPSA) is 71.2 Å². The van der Waals surface area contributed by atoms with Crippen molar-refractivity contribution in [3.05, 3.63) is 42.0 Å². The van der Waals surface area contributed by atoms with Gasteiger partial charge in [0.15, 0.2) is 11.5 Å². The number of phenolic OH excluding ortho intramolecular Hbond substituents is 2. The molecule has 0 saturated carbocycles. The Hall–Kier alpha value is -2.56. The zero-order valence-corrected chi connectivity index (χ0v) is 12.2. The zero-order chi connectivity index (χ0) is 15.2. The quantitative estimate of drug-likeness (QED) is 0.673. The lowest BCUT2D eigenvalue weighted by Crippen LogP contribution is -2.12. The van der Waals surface area contributed by atoms with E-state index in [1.165, 1.54) is 4.80 Å². The molecule has 108 valence electrons. The normalized spacial score (nSPS) is 12.0. The van der Waals surface area contributed by atoms with Crippen LogP contribution < -0.4 is 0 Å². The molecular formula is C16H17N3O2. The molecule has 0 aliphatic heterocycles. The smallest absolute Gasteiger partial charge is 0.185 e. The van der Waals surface area contributed by atoms with Crippen molar-refractivity contribution >= 4 is 11.0 Å². The van der Waals surface area contributed by atoms with Crippen LogP contribution in [-0.4, -0.2) is 25.2 Å². The summed E-state index contributed by atoms with van der Waals surface area (Å²) in [5, 5.41) is 29.1. The van der Waals surface area contributed by atoms with E-state index in [0.29, 0.717) is 11.3 Å². The van der Waals surface area contributed by atoms with E-state index in [1.807, 2.05) is 45.0 Å². The number of rotatable bonds is 1. The molecule has 0 radical (unpaired) electrons. The summed E-state index contributed by atoms with van der Waals surface area (Å²) in [5.74, 6) is -0.330. The SMILES string of the molecule is CC(C)(C)c1ccc(-n2nc3ccccc3n2)c(O)c1O. The first-order valence-corrected chi connectivity index (χ1v) is 6.76. The van der Waals surface area contributed by atoms with Crippen molar-refractivity contribution in [3.8, 4) is 17.2 Å². The van der Waals surface area contributed by atoms with Crippen molar-refractivity contribution in [3.63, 3.8) is 0 Å². The molecule has 0 unspecified atom stereocenters. The highest BCUT2D eigenvalue weighted by molar-refractivity contribution is 5.74. The number of phenols is 2. The van der Waals surface area contributed by atoms with Crippen molar-refractivity contribution < 1.29 is 10.2 Å². The first kappa shape index (κ1) is 13.4. The molecule has 0 spiro atoms. The fraction of sp³-hybridized carbons (Fsp3) is 0.250. The lowest BCUT2D eigenvalue weighted by atomic mass is 9.86. The molecular weight excluding hydrogens is 266 g/mol. The number of hydrogen-bond acceptors (Lipinski definition) is 4. The summed E-state index contributed by atoms with van der Waals surface area (Å²) in [6.45, 7) is 5.92. The Morgan fingerprint density at radius 2 is 1.43 bits per heavy atom. The summed E-state index contributed by atoms with van der Waals surface area (Å²) < 4.78 is 0. The summed E-state index contributed by atoms with van der Waals surface area (Å²) in [6, 6.07) is 11.0. The highest BCUT2D eigenvalue weighted by Crippen LogP contribution is 2.40. The molecule has 0 aliphatic rings. The van der Waals surface area contributed by atoms with Crippen molar-refractivity contribution in [1.82, 2.24) is 15.0 Å². The third-order valence-corrected chi connectivity index (χ3v) is 3.44. The second-order valence-corrected chi connectivity index (χ2v) is 6.06. The van der Waals surface area contributed by atoms with Crippen molar-refractivity contribution in [2.45, 2.75) is 26.2 Å². The van der Waals surface area contributed by atoms with Gasteiger partial charge in [0, 0.05) is 5.56 Å². The first-order chi connectivity index (χ1) is 9.88. The highest BCUT2D eigenvalue weighted by Gasteiger charge is 2.23. The van der Waals surface area contributed by atoms with Gasteiger partial charge in [-0.25, -0.2) is 0 Å². The molecule has 2 aromatic carbocycles. The van der Waals surface area contributed by atoms with Gasteiger partial charge in [-0.3, -0.25) is 0 Å². The van der Waals surface area contributed by atoms with Gasteiger partial charge in [0.1, 0.15) is 16.7 Å². The third kappa shape index (κ3) is 2.20. The zero-order valence-electron chi connectivity index (χ0n) is 12.2. The van der Waals surface area contributed by atoms with E-state index < -0.39 is 0 Å². The van der Waals surface area contributed by atoms with Gasteiger partial charge < -0.3 is 10.2 Å². The van der Waals surface area contributed by atoms with Crippen LogP contribution in [-0.2, 0) is 5.41 Å². The summed E-state index contributed by atoms with van der Waals surface area (Å²) in [4.78, 5) is 1.34. The fourth-order valence-corrected chi connectivity index (χ4v) is 2.30. The Balaban J connectivity index is 2.17. The molecule has 0 amide bonds. The third-order valence-electron chi connectivity index (χ3n) is 3.44. The minimum atomic E-state index is -0.262. The maximum absolute atomic E-state index is 10.3. The number of benzene rings is 2. The van der Waals surface area contributed by atoms with Gasteiger partial charge in [-0.05, 0) is 23.6 Å². The van der Waals surface area contributed by atoms with E-state index in [-0.39, 0.29) is 16.9 Å². The maximum atomic E-state index is 10.3. The summed E-state index contributed by atoms with van der Waals surface area (Å²) in [5.41, 5.74) is 2.24. The van der Waals surface area contributed by atoms with E-state index in [1.54, 1.807) is 12.1 Å². The van der Waals surface area contributed by atoms with Gasteiger partial charge in [-0.15, -0.1) is 15.0 Å². The summed E-state index contributed by atoms with van der Waals surface area (Å²) in [7, 11) is 0. The molecule has 0 fully saturated rings. The van der Waals surface area contributed by atoms with Crippen LogP contribution in [0.4, 0.5) is 0 Å². The van der Waals surface area contributed by atoms with Crippen LogP contribution in [0.15, 0.2) is 36.4 Å². The van der Waals surface area contributed by atoms with Crippen LogP contribution >= 0.6 is 0 Å². The molecule has 3 aromatic rings. The van der Waals surface area contributed by atoms with Gasteiger partial charge in [-0.1, -0.05) is 39.0 Å². The summed E-state index contributed by atoms with van der Waals surface area (Å²) in [6.07, 6.45) is 0. The monoisotopic (exact) mass is 283 g/mol. The second kappa shape index (κ2) is 4.48. The molecule has 3 rings (SSSR count). The van der Waals surface area contributed by atoms with Crippen molar-refractivity contribution in [2.24, 2.45) is 0 Å². The van der Waals surface area contributed by atoms with Gasteiger partial charge in [0.25, 0.3) is 0 Å². The van der Waals surface area contributed by atoms with Gasteiger partial charge in [0.05, 0.1) is 0 Å². The fourth-order valence-electron chi connectivity index (χ4n) is 2.30. The van der Waals surface area contributed by atoms with Crippen molar-refractivity contribution in [2.75, 3.05) is 0 Å². The predicted molar refractivity (Wildman–Crippen MR) is 80.9 cm³/mol. The van der Waals surface area contributed by atoms with Crippen LogP contribution in [0, 0.1) is 0 Å². The Labute approximate surface area is 122 Å². The average Bonchev–Trinajstić information content (AvgIpc) is 2.83. The minimum Gasteiger partial charge on any atom is -0.504 e. The predicted octanol–water partition coefficient (Wildman–Crippen LogP) is 3.13. The number of aromatic nitrogens is 3. The number of hydrogen-bond donors (Lipinski definition) is 2. The number of fused-ring (bicyclic) bond motifs is 1. The van der Waals surface area contributed by atoms with E-state index >= 15 is 0 Å². The van der Waals surface area contributed by atoms with Crippen molar-refractivity contribution in [1.29, 1.82) is 0 Å². The lowest BCUT2D eigenvalue weighted by molar-refractivity contribution is 0.386. The van der Waals surface area contributed by atoms with Crippen LogP contribution in [0.2, 0.25) is 0 Å². The molecule has 1 aromatic heterocycles. The largest absolute Gasteiger partial charge is 0.504 e. The molecule has 5 heteroatoms. The van der Waals surface area contributed by atoms with Gasteiger partial charge in [0.2, 0.25) is 0 Å². The standard InChI is InChI=1S/C16H17N3O2/c1-16(2,3)10-8-9-13(15(21)14(10)20)19-17-11-6-4-5-7-12(11)18-19/h4-9,20-21H,1-3H3. The van der Waals surface area contributed by atoms with Crippen LogP contribution in [0.5, 0.6) is 11.5 Å². The molecule has 0 saturated heterocycles. The Kier molecular flexibility index (Phi) is 2.86. The average molecular weight is 283 g/mol. The minimum absolute atomic E-state index is 0.124. The number of nitrogens with zero attached hydrogens (tertiary/aromatic N) is 3. The van der Waals surface area contributed by atoms with Crippen LogP contribution in [0.1, 0.15) is 26.3 Å². The van der Waals surface area contributed by atoms with E-state index in [0.717, 1.165) is 11.0 Å². The molecule has 1 heterocycles. The molecule has 0 aliphatic carbocycles. The van der Waals surface area contributed by atoms with Crippen LogP contribution in [0.25, 0.3) is 16.7 Å². The molecule has 21 heavy (non-hydrogen) atoms. The first-order valence-electron chi connectivity index (χ1n) is 6.76. The lowest BCUT2D eigenvalue weighted by Gasteiger charge is -2.21. The Morgan fingerprint density at radius 3 is 1.95 bits per heavy atom. The number of aromatic hydroxyl groups is 2. The van der Waals surface area contributed by atoms with Gasteiger partial charge in [-0.2, -0.15) is 0 Å². The molecule has 0 bridgehead atoms. The highest BCUT2D eigenvalue weighted by atomic mass is 16.3. The molecule has 5 nitrogen and oxygen atoms in total. The molecule has 0 atom stereocenters. The van der Waals surface area contributed by atoms with E-state index in [2.05, 4.69) is 10.2 Å². The van der Waals surface area contributed by atoms with Gasteiger partial charge >= 0.3 is 0 Å². The van der Waals surface area contributed by atoms with Crippen LogP contribution in [0.3, 0.4) is 0 Å². The Morgan fingerprint density at radius 1 is 0.857 bits per heavy atom. The summed E-state index contributed by atoms with van der Waals surface area (Å²) >= 11 is 0. The van der Waals surface area contributed by atoms with E-state index in [4.69, 9.17) is 0 Å². The molecule has 2 N–H and O–H groups in total. The van der Waals surface area contributed by atoms with E-state index in [9.17, 15) is 10.2 Å². The second-order valence-electron chi connectivity index (χ2n) is 6.06. The maximum Gasteiger partial charge on any atom is 0.185 e. The Bertz CT molecular complexity index is 783.